The van der Waals surface area contributed by atoms with Gasteiger partial charge in [0.2, 0.25) is 5.89 Å². The molecule has 1 unspecified atom stereocenters. The highest BCUT2D eigenvalue weighted by Gasteiger charge is 2.21. The Hall–Kier alpha value is -1.63. The summed E-state index contributed by atoms with van der Waals surface area (Å²) in [6.45, 7) is 8.18. The molecule has 0 saturated heterocycles. The summed E-state index contributed by atoms with van der Waals surface area (Å²) < 4.78 is 5.13. The van der Waals surface area contributed by atoms with Crippen LogP contribution in [-0.2, 0) is 12.0 Å². The van der Waals surface area contributed by atoms with Crippen molar-refractivity contribution in [3.05, 3.63) is 11.7 Å². The molecule has 7 nitrogen and oxygen atoms in total. The molecule has 0 bridgehead atoms. The Labute approximate surface area is 119 Å². The molecule has 2 amide bonds. The minimum atomic E-state index is -0.280. The number of urea groups is 1. The molecular weight excluding hydrogens is 260 g/mol. The Morgan fingerprint density at radius 3 is 2.70 bits per heavy atom. The standard InChI is InChI=1S/C13H24N4O3/c1-9(6-5-7-18)15-12(19)14-8-10-16-11(20-17-10)13(2,3)4/h9,18H,5-8H2,1-4H3,(H2,14,15,19). The molecule has 0 radical (unpaired) electrons. The molecule has 0 aliphatic carbocycles. The molecule has 0 spiro atoms. The van der Waals surface area contributed by atoms with Crippen LogP contribution in [-0.4, -0.2) is 33.9 Å². The van der Waals surface area contributed by atoms with Crippen molar-refractivity contribution in [3.8, 4) is 0 Å². The first-order valence-corrected chi connectivity index (χ1v) is 6.81. The predicted molar refractivity (Wildman–Crippen MR) is 74.2 cm³/mol. The van der Waals surface area contributed by atoms with E-state index in [9.17, 15) is 4.79 Å². The number of rotatable bonds is 6. The number of nitrogens with zero attached hydrogens (tertiary/aromatic N) is 2. The highest BCUT2D eigenvalue weighted by atomic mass is 16.5. The highest BCUT2D eigenvalue weighted by Crippen LogP contribution is 2.19. The van der Waals surface area contributed by atoms with Crippen LogP contribution in [0.5, 0.6) is 0 Å². The first-order chi connectivity index (χ1) is 9.32. The number of aliphatic hydroxyl groups excluding tert-OH is 1. The number of hydrogen-bond donors (Lipinski definition) is 3. The fourth-order valence-corrected chi connectivity index (χ4v) is 1.53. The molecule has 20 heavy (non-hydrogen) atoms. The third kappa shape index (κ3) is 5.56. The highest BCUT2D eigenvalue weighted by molar-refractivity contribution is 5.73. The summed E-state index contributed by atoms with van der Waals surface area (Å²) in [5.74, 6) is 0.999. The molecule has 114 valence electrons. The van der Waals surface area contributed by atoms with Gasteiger partial charge in [-0.25, -0.2) is 4.79 Å². The minimum Gasteiger partial charge on any atom is -0.396 e. The second-order valence-electron chi connectivity index (χ2n) is 5.86. The van der Waals surface area contributed by atoms with Crippen molar-refractivity contribution < 1.29 is 14.4 Å². The normalized spacial score (nSPS) is 13.1. The summed E-state index contributed by atoms with van der Waals surface area (Å²) >= 11 is 0. The first-order valence-electron chi connectivity index (χ1n) is 6.81. The van der Waals surface area contributed by atoms with Crippen LogP contribution >= 0.6 is 0 Å². The molecule has 1 aromatic rings. The van der Waals surface area contributed by atoms with Gasteiger partial charge >= 0.3 is 6.03 Å². The third-order valence-corrected chi connectivity index (χ3v) is 2.69. The van der Waals surface area contributed by atoms with Gasteiger partial charge in [0.15, 0.2) is 5.82 Å². The van der Waals surface area contributed by atoms with Crippen LogP contribution in [0, 0.1) is 0 Å². The molecule has 0 aromatic carbocycles. The third-order valence-electron chi connectivity index (χ3n) is 2.69. The average Bonchev–Trinajstić information content (AvgIpc) is 2.82. The van der Waals surface area contributed by atoms with Gasteiger partial charge in [-0.2, -0.15) is 4.98 Å². The Kier molecular flexibility index (Phi) is 5.94. The van der Waals surface area contributed by atoms with Gasteiger partial charge in [-0.05, 0) is 19.8 Å². The van der Waals surface area contributed by atoms with E-state index in [-0.39, 0.29) is 30.6 Å². The summed E-state index contributed by atoms with van der Waals surface area (Å²) in [6, 6.07) is -0.268. The molecular formula is C13H24N4O3. The van der Waals surface area contributed by atoms with Gasteiger partial charge in [0, 0.05) is 18.1 Å². The van der Waals surface area contributed by atoms with E-state index in [1.165, 1.54) is 0 Å². The van der Waals surface area contributed by atoms with Crippen LogP contribution in [0.4, 0.5) is 4.79 Å². The van der Waals surface area contributed by atoms with Gasteiger partial charge in [-0.15, -0.1) is 0 Å². The van der Waals surface area contributed by atoms with Crippen LogP contribution in [0.3, 0.4) is 0 Å². The Morgan fingerprint density at radius 2 is 2.15 bits per heavy atom. The smallest absolute Gasteiger partial charge is 0.315 e. The second-order valence-corrected chi connectivity index (χ2v) is 5.86. The molecule has 0 fully saturated rings. The van der Waals surface area contributed by atoms with Crippen molar-refractivity contribution in [2.24, 2.45) is 0 Å². The number of nitrogens with one attached hydrogen (secondary N) is 2. The topological polar surface area (TPSA) is 100 Å². The molecule has 1 aromatic heterocycles. The van der Waals surface area contributed by atoms with Crippen molar-refractivity contribution in [2.45, 2.75) is 58.5 Å². The fourth-order valence-electron chi connectivity index (χ4n) is 1.53. The quantitative estimate of drug-likeness (QED) is 0.731. The Morgan fingerprint density at radius 1 is 1.45 bits per heavy atom. The van der Waals surface area contributed by atoms with Gasteiger partial charge in [0.1, 0.15) is 0 Å². The Balaban J connectivity index is 2.36. The van der Waals surface area contributed by atoms with Gasteiger partial charge < -0.3 is 20.3 Å². The largest absolute Gasteiger partial charge is 0.396 e. The molecule has 3 N–H and O–H groups in total. The van der Waals surface area contributed by atoms with E-state index in [2.05, 4.69) is 20.8 Å². The first kappa shape index (κ1) is 16.4. The lowest BCUT2D eigenvalue weighted by Crippen LogP contribution is -2.40. The van der Waals surface area contributed by atoms with Crippen LogP contribution in [0.1, 0.15) is 52.3 Å². The van der Waals surface area contributed by atoms with E-state index in [0.29, 0.717) is 18.1 Å². The monoisotopic (exact) mass is 284 g/mol. The van der Waals surface area contributed by atoms with Crippen molar-refractivity contribution in [2.75, 3.05) is 6.61 Å². The zero-order chi connectivity index (χ0) is 15.2. The van der Waals surface area contributed by atoms with E-state index in [0.717, 1.165) is 6.42 Å². The number of hydrogen-bond acceptors (Lipinski definition) is 5. The molecule has 0 aliphatic heterocycles. The number of aliphatic hydroxyl groups is 1. The van der Waals surface area contributed by atoms with Crippen LogP contribution in [0.25, 0.3) is 0 Å². The lowest BCUT2D eigenvalue weighted by atomic mass is 9.97. The Bertz CT molecular complexity index is 425. The zero-order valence-corrected chi connectivity index (χ0v) is 12.6. The summed E-state index contributed by atoms with van der Waals surface area (Å²) in [5, 5.41) is 18.0. The SMILES string of the molecule is CC(CCCO)NC(=O)NCc1noc(C(C)(C)C)n1. The van der Waals surface area contributed by atoms with E-state index in [4.69, 9.17) is 9.63 Å². The number of amides is 2. The zero-order valence-electron chi connectivity index (χ0n) is 12.6. The fraction of sp³-hybridized carbons (Fsp3) is 0.769. The minimum absolute atomic E-state index is 0.0116. The van der Waals surface area contributed by atoms with Crippen molar-refractivity contribution in [3.63, 3.8) is 0 Å². The average molecular weight is 284 g/mol. The van der Waals surface area contributed by atoms with E-state index in [1.54, 1.807) is 0 Å². The summed E-state index contributed by atoms with van der Waals surface area (Å²) in [5.41, 5.74) is -0.202. The second kappa shape index (κ2) is 7.23. The lowest BCUT2D eigenvalue weighted by molar-refractivity contribution is 0.233. The molecule has 0 aliphatic rings. The molecule has 7 heteroatoms. The van der Waals surface area contributed by atoms with Crippen molar-refractivity contribution in [1.29, 1.82) is 0 Å². The number of carbonyl (C=O) groups is 1. The van der Waals surface area contributed by atoms with E-state index in [1.807, 2.05) is 27.7 Å². The molecule has 1 heterocycles. The van der Waals surface area contributed by atoms with Crippen LogP contribution in [0.2, 0.25) is 0 Å². The van der Waals surface area contributed by atoms with Gasteiger partial charge in [0.25, 0.3) is 0 Å². The maximum atomic E-state index is 11.6. The van der Waals surface area contributed by atoms with Crippen LogP contribution < -0.4 is 10.6 Å². The predicted octanol–water partition coefficient (Wildman–Crippen LogP) is 1.33. The lowest BCUT2D eigenvalue weighted by Gasteiger charge is -2.13. The number of aromatic nitrogens is 2. The van der Waals surface area contributed by atoms with Gasteiger partial charge in [-0.3, -0.25) is 0 Å². The number of carbonyl (C=O) groups excluding carboxylic acids is 1. The van der Waals surface area contributed by atoms with Crippen molar-refractivity contribution >= 4 is 6.03 Å². The van der Waals surface area contributed by atoms with Crippen molar-refractivity contribution in [1.82, 2.24) is 20.8 Å². The molecule has 0 saturated carbocycles. The summed E-state index contributed by atoms with van der Waals surface area (Å²) in [6.07, 6.45) is 1.40. The molecule has 1 rings (SSSR count). The maximum absolute atomic E-state index is 11.6. The van der Waals surface area contributed by atoms with Crippen LogP contribution in [0.15, 0.2) is 4.52 Å². The molecule has 1 atom stereocenters. The summed E-state index contributed by atoms with van der Waals surface area (Å²) in [7, 11) is 0. The summed E-state index contributed by atoms with van der Waals surface area (Å²) in [4.78, 5) is 15.9. The maximum Gasteiger partial charge on any atom is 0.315 e. The van der Waals surface area contributed by atoms with Gasteiger partial charge in [0.05, 0.1) is 6.54 Å². The van der Waals surface area contributed by atoms with Gasteiger partial charge in [-0.1, -0.05) is 25.9 Å². The van der Waals surface area contributed by atoms with E-state index >= 15 is 0 Å². The van der Waals surface area contributed by atoms with E-state index < -0.39 is 0 Å².